The summed E-state index contributed by atoms with van der Waals surface area (Å²) in [5, 5.41) is 3.42. The number of ether oxygens (including phenoxy) is 1. The molecule has 4 nitrogen and oxygen atoms in total. The van der Waals surface area contributed by atoms with E-state index in [1.807, 2.05) is 20.8 Å². The third-order valence-corrected chi connectivity index (χ3v) is 4.46. The largest absolute Gasteiger partial charge is 0.460 e. The fourth-order valence-electron chi connectivity index (χ4n) is 3.39. The van der Waals surface area contributed by atoms with Gasteiger partial charge < -0.3 is 15.0 Å². The highest BCUT2D eigenvalue weighted by Gasteiger charge is 2.48. The van der Waals surface area contributed by atoms with E-state index in [0.717, 1.165) is 39.0 Å². The average molecular weight is 268 g/mol. The highest BCUT2D eigenvalue weighted by atomic mass is 16.6. The van der Waals surface area contributed by atoms with E-state index in [4.69, 9.17) is 4.74 Å². The third-order valence-electron chi connectivity index (χ3n) is 4.46. The van der Waals surface area contributed by atoms with Crippen LogP contribution in [0.3, 0.4) is 0 Å². The Labute approximate surface area is 116 Å². The van der Waals surface area contributed by atoms with Crippen LogP contribution in [0, 0.1) is 11.3 Å². The summed E-state index contributed by atoms with van der Waals surface area (Å²) in [4.78, 5) is 14.8. The van der Waals surface area contributed by atoms with Gasteiger partial charge in [-0.3, -0.25) is 4.79 Å². The van der Waals surface area contributed by atoms with E-state index in [2.05, 4.69) is 17.3 Å². The molecule has 2 saturated heterocycles. The van der Waals surface area contributed by atoms with E-state index in [9.17, 15) is 4.79 Å². The molecule has 0 aromatic heterocycles. The smallest absolute Gasteiger partial charge is 0.311 e. The summed E-state index contributed by atoms with van der Waals surface area (Å²) < 4.78 is 5.62. The summed E-state index contributed by atoms with van der Waals surface area (Å²) in [6.07, 6.45) is 3.41. The molecule has 0 amide bonds. The Balaban J connectivity index is 2.09. The summed E-state index contributed by atoms with van der Waals surface area (Å²) in [5.74, 6) is 0.0141. The molecule has 1 N–H and O–H groups in total. The van der Waals surface area contributed by atoms with Crippen LogP contribution < -0.4 is 5.32 Å². The fourth-order valence-corrected chi connectivity index (χ4v) is 3.39. The highest BCUT2D eigenvalue weighted by molar-refractivity contribution is 5.74. The quantitative estimate of drug-likeness (QED) is 0.734. The predicted octanol–water partition coefficient (Wildman–Crippen LogP) is 1.65. The summed E-state index contributed by atoms with van der Waals surface area (Å²) in [7, 11) is 2.17. The van der Waals surface area contributed by atoms with Gasteiger partial charge in [-0.05, 0) is 65.6 Å². The molecular formula is C15H28N2O2. The molecule has 0 bridgehead atoms. The van der Waals surface area contributed by atoms with E-state index >= 15 is 0 Å². The minimum atomic E-state index is -0.387. The first-order chi connectivity index (χ1) is 8.82. The van der Waals surface area contributed by atoms with Crippen LogP contribution in [0.5, 0.6) is 0 Å². The molecule has 19 heavy (non-hydrogen) atoms. The Morgan fingerprint density at radius 1 is 1.32 bits per heavy atom. The van der Waals surface area contributed by atoms with Gasteiger partial charge in [0.25, 0.3) is 0 Å². The second-order valence-corrected chi connectivity index (χ2v) is 7.24. The topological polar surface area (TPSA) is 41.6 Å². The van der Waals surface area contributed by atoms with Crippen molar-refractivity contribution in [3.8, 4) is 0 Å². The molecule has 0 saturated carbocycles. The van der Waals surface area contributed by atoms with Gasteiger partial charge in [0.2, 0.25) is 0 Å². The van der Waals surface area contributed by atoms with Crippen LogP contribution in [-0.2, 0) is 9.53 Å². The van der Waals surface area contributed by atoms with Gasteiger partial charge in [-0.25, -0.2) is 0 Å². The van der Waals surface area contributed by atoms with Gasteiger partial charge in [0.1, 0.15) is 5.60 Å². The van der Waals surface area contributed by atoms with Gasteiger partial charge >= 0.3 is 5.97 Å². The van der Waals surface area contributed by atoms with Crippen molar-refractivity contribution in [1.29, 1.82) is 0 Å². The molecule has 0 aromatic rings. The minimum Gasteiger partial charge on any atom is -0.460 e. The van der Waals surface area contributed by atoms with E-state index in [-0.39, 0.29) is 22.9 Å². The van der Waals surface area contributed by atoms with Crippen molar-refractivity contribution in [1.82, 2.24) is 10.2 Å². The first-order valence-corrected chi connectivity index (χ1v) is 7.45. The SMILES string of the molecule is CN1CCCC2(CC1)CNCC2C(=O)OC(C)(C)C. The number of carbonyl (C=O) groups excluding carboxylic acids is 1. The van der Waals surface area contributed by atoms with Crippen LogP contribution in [0.4, 0.5) is 0 Å². The monoisotopic (exact) mass is 268 g/mol. The van der Waals surface area contributed by atoms with Crippen LogP contribution in [0.15, 0.2) is 0 Å². The van der Waals surface area contributed by atoms with Crippen molar-refractivity contribution in [3.63, 3.8) is 0 Å². The number of likely N-dealkylation sites (tertiary alicyclic amines) is 1. The molecule has 2 atom stereocenters. The maximum Gasteiger partial charge on any atom is 0.311 e. The first kappa shape index (κ1) is 14.8. The zero-order valence-corrected chi connectivity index (χ0v) is 12.8. The maximum atomic E-state index is 12.5. The normalized spacial score (nSPS) is 33.4. The van der Waals surface area contributed by atoms with Crippen LogP contribution in [0.25, 0.3) is 0 Å². The molecule has 2 heterocycles. The van der Waals surface area contributed by atoms with Crippen LogP contribution in [-0.4, -0.2) is 49.7 Å². The number of esters is 1. The number of hydrogen-bond donors (Lipinski definition) is 1. The second kappa shape index (κ2) is 5.41. The molecule has 2 fully saturated rings. The molecule has 2 unspecified atom stereocenters. The molecule has 4 heteroatoms. The van der Waals surface area contributed by atoms with E-state index in [1.165, 1.54) is 6.42 Å². The Kier molecular flexibility index (Phi) is 4.21. The van der Waals surface area contributed by atoms with E-state index in [1.54, 1.807) is 0 Å². The maximum absolute atomic E-state index is 12.5. The molecule has 2 aliphatic heterocycles. The molecule has 2 rings (SSSR count). The van der Waals surface area contributed by atoms with Gasteiger partial charge in [0.15, 0.2) is 0 Å². The molecular weight excluding hydrogens is 240 g/mol. The van der Waals surface area contributed by atoms with Gasteiger partial charge in [-0.15, -0.1) is 0 Å². The lowest BCUT2D eigenvalue weighted by atomic mass is 9.72. The van der Waals surface area contributed by atoms with Crippen molar-refractivity contribution in [2.24, 2.45) is 11.3 Å². The number of nitrogens with one attached hydrogen (secondary N) is 1. The minimum absolute atomic E-state index is 0.0120. The standard InChI is InChI=1S/C15H28N2O2/c1-14(2,3)19-13(18)12-10-16-11-15(12)6-5-8-17(4)9-7-15/h12,16H,5-11H2,1-4H3. The van der Waals surface area contributed by atoms with Crippen molar-refractivity contribution in [2.45, 2.75) is 45.6 Å². The van der Waals surface area contributed by atoms with Crippen LogP contribution in [0.2, 0.25) is 0 Å². The van der Waals surface area contributed by atoms with Crippen molar-refractivity contribution < 1.29 is 9.53 Å². The summed E-state index contributed by atoms with van der Waals surface area (Å²) >= 11 is 0. The first-order valence-electron chi connectivity index (χ1n) is 7.45. The lowest BCUT2D eigenvalue weighted by Crippen LogP contribution is -2.39. The van der Waals surface area contributed by atoms with Crippen molar-refractivity contribution in [3.05, 3.63) is 0 Å². The third kappa shape index (κ3) is 3.48. The number of hydrogen-bond acceptors (Lipinski definition) is 4. The van der Waals surface area contributed by atoms with Crippen molar-refractivity contribution in [2.75, 3.05) is 33.2 Å². The van der Waals surface area contributed by atoms with Gasteiger partial charge in [-0.1, -0.05) is 0 Å². The zero-order chi connectivity index (χ0) is 14.1. The van der Waals surface area contributed by atoms with Gasteiger partial charge in [0.05, 0.1) is 5.92 Å². The second-order valence-electron chi connectivity index (χ2n) is 7.24. The fraction of sp³-hybridized carbons (Fsp3) is 0.933. The van der Waals surface area contributed by atoms with E-state index < -0.39 is 0 Å². The Morgan fingerprint density at radius 2 is 2.05 bits per heavy atom. The zero-order valence-electron chi connectivity index (χ0n) is 12.8. The van der Waals surface area contributed by atoms with E-state index in [0.29, 0.717) is 0 Å². The van der Waals surface area contributed by atoms with Crippen LogP contribution >= 0.6 is 0 Å². The molecule has 1 spiro atoms. The Bertz CT molecular complexity index is 338. The number of nitrogens with zero attached hydrogens (tertiary/aromatic N) is 1. The summed E-state index contributed by atoms with van der Waals surface area (Å²) in [6, 6.07) is 0. The molecule has 0 aliphatic carbocycles. The van der Waals surface area contributed by atoms with Gasteiger partial charge in [-0.2, -0.15) is 0 Å². The molecule has 0 radical (unpaired) electrons. The molecule has 0 aromatic carbocycles. The summed E-state index contributed by atoms with van der Waals surface area (Å²) in [6.45, 7) is 9.80. The molecule has 110 valence electrons. The lowest BCUT2D eigenvalue weighted by Gasteiger charge is -2.34. The van der Waals surface area contributed by atoms with Crippen LogP contribution in [0.1, 0.15) is 40.0 Å². The highest BCUT2D eigenvalue weighted by Crippen LogP contribution is 2.42. The Hall–Kier alpha value is -0.610. The predicted molar refractivity (Wildman–Crippen MR) is 76.0 cm³/mol. The van der Waals surface area contributed by atoms with Gasteiger partial charge in [0, 0.05) is 13.1 Å². The number of rotatable bonds is 1. The summed E-state index contributed by atoms with van der Waals surface area (Å²) in [5.41, 5.74) is -0.268. The molecule has 2 aliphatic rings. The average Bonchev–Trinajstić information content (AvgIpc) is 2.59. The lowest BCUT2D eigenvalue weighted by molar-refractivity contribution is -0.163. The Morgan fingerprint density at radius 3 is 2.74 bits per heavy atom. The van der Waals surface area contributed by atoms with Crippen molar-refractivity contribution >= 4 is 5.97 Å². The number of carbonyl (C=O) groups is 1.